The molecule has 0 aliphatic carbocycles. The summed E-state index contributed by atoms with van der Waals surface area (Å²) in [6.07, 6.45) is 1.82. The molecule has 1 fully saturated rings. The van der Waals surface area contributed by atoms with E-state index in [1.165, 1.54) is 0 Å². The Morgan fingerprint density at radius 3 is 3.11 bits per heavy atom. The molecule has 4 heteroatoms. The highest BCUT2D eigenvalue weighted by Gasteiger charge is 2.09. The number of hydrogen-bond donors (Lipinski definition) is 1. The second-order valence-electron chi connectivity index (χ2n) is 4.44. The molecule has 4 nitrogen and oxygen atoms in total. The molecule has 0 atom stereocenters. The summed E-state index contributed by atoms with van der Waals surface area (Å²) in [4.78, 5) is 5.49. The van der Waals surface area contributed by atoms with Crippen LogP contribution in [0, 0.1) is 6.07 Å². The molecule has 0 unspecified atom stereocenters. The molecule has 3 rings (SSSR count). The van der Waals surface area contributed by atoms with Gasteiger partial charge in [-0.05, 0) is 18.2 Å². The smallest absolute Gasteiger partial charge is 0.120 e. The number of morpholine rings is 1. The summed E-state index contributed by atoms with van der Waals surface area (Å²) >= 11 is 0. The summed E-state index contributed by atoms with van der Waals surface area (Å²) < 4.78 is 11.1. The maximum Gasteiger partial charge on any atom is 0.120 e. The molecule has 1 aliphatic rings. The van der Waals surface area contributed by atoms with Gasteiger partial charge in [-0.15, -0.1) is 0 Å². The molecule has 1 aromatic carbocycles. The summed E-state index contributed by atoms with van der Waals surface area (Å²) in [5, 5.41) is 1.07. The Balaban J connectivity index is 1.52. The molecule has 1 aliphatic heterocycles. The van der Waals surface area contributed by atoms with Gasteiger partial charge in [-0.3, -0.25) is 4.90 Å². The van der Waals surface area contributed by atoms with Crippen LogP contribution in [0.1, 0.15) is 0 Å². The van der Waals surface area contributed by atoms with E-state index in [2.05, 4.69) is 16.0 Å². The fourth-order valence-corrected chi connectivity index (χ4v) is 2.17. The van der Waals surface area contributed by atoms with Crippen molar-refractivity contribution in [3.05, 3.63) is 30.5 Å². The fourth-order valence-electron chi connectivity index (χ4n) is 2.17. The van der Waals surface area contributed by atoms with Gasteiger partial charge >= 0.3 is 0 Å². The highest BCUT2D eigenvalue weighted by atomic mass is 16.5. The van der Waals surface area contributed by atoms with Crippen LogP contribution < -0.4 is 4.74 Å². The third-order valence-corrected chi connectivity index (χ3v) is 3.23. The molecule has 0 spiro atoms. The van der Waals surface area contributed by atoms with Crippen LogP contribution >= 0.6 is 0 Å². The zero-order chi connectivity index (χ0) is 12.2. The molecule has 1 radical (unpaired) electrons. The normalized spacial score (nSPS) is 17.1. The third-order valence-electron chi connectivity index (χ3n) is 3.23. The van der Waals surface area contributed by atoms with E-state index in [1.54, 1.807) is 0 Å². The summed E-state index contributed by atoms with van der Waals surface area (Å²) in [5.74, 6) is 0.909. The second-order valence-corrected chi connectivity index (χ2v) is 4.44. The van der Waals surface area contributed by atoms with Crippen molar-refractivity contribution in [1.29, 1.82) is 0 Å². The van der Waals surface area contributed by atoms with Gasteiger partial charge in [-0.1, -0.05) is 0 Å². The highest BCUT2D eigenvalue weighted by Crippen LogP contribution is 2.19. The van der Waals surface area contributed by atoms with Crippen LogP contribution in [-0.4, -0.2) is 49.3 Å². The molecule has 0 amide bonds. The van der Waals surface area contributed by atoms with Crippen molar-refractivity contribution in [2.45, 2.75) is 0 Å². The van der Waals surface area contributed by atoms with E-state index in [0.717, 1.165) is 56.1 Å². The predicted octanol–water partition coefficient (Wildman–Crippen LogP) is 1.68. The lowest BCUT2D eigenvalue weighted by Crippen LogP contribution is -2.38. The third kappa shape index (κ3) is 2.66. The van der Waals surface area contributed by atoms with E-state index < -0.39 is 0 Å². The number of hydrogen-bond acceptors (Lipinski definition) is 3. The molecule has 1 aromatic heterocycles. The Morgan fingerprint density at radius 2 is 2.22 bits per heavy atom. The first kappa shape index (κ1) is 11.6. The Labute approximate surface area is 106 Å². The molecule has 1 N–H and O–H groups in total. The van der Waals surface area contributed by atoms with E-state index in [0.29, 0.717) is 0 Å². The molecular formula is C14H17N2O2. The largest absolute Gasteiger partial charge is 0.492 e. The minimum atomic E-state index is 0.718. The molecular weight excluding hydrogens is 228 g/mol. The van der Waals surface area contributed by atoms with Crippen molar-refractivity contribution < 1.29 is 9.47 Å². The van der Waals surface area contributed by atoms with Gasteiger partial charge in [-0.2, -0.15) is 0 Å². The number of rotatable bonds is 4. The van der Waals surface area contributed by atoms with E-state index in [-0.39, 0.29) is 0 Å². The lowest BCUT2D eigenvalue weighted by molar-refractivity contribution is 0.0322. The monoisotopic (exact) mass is 245 g/mol. The van der Waals surface area contributed by atoms with Crippen LogP contribution in [0.3, 0.4) is 0 Å². The summed E-state index contributed by atoms with van der Waals surface area (Å²) in [6.45, 7) is 5.37. The average molecular weight is 245 g/mol. The molecule has 0 saturated carbocycles. The van der Waals surface area contributed by atoms with Gasteiger partial charge in [0.15, 0.2) is 0 Å². The first-order valence-corrected chi connectivity index (χ1v) is 6.33. The van der Waals surface area contributed by atoms with Gasteiger partial charge in [0.25, 0.3) is 0 Å². The Kier molecular flexibility index (Phi) is 3.48. The Hall–Kier alpha value is -1.52. The van der Waals surface area contributed by atoms with E-state index in [9.17, 15) is 0 Å². The molecule has 0 bridgehead atoms. The maximum atomic E-state index is 5.77. The minimum Gasteiger partial charge on any atom is -0.492 e. The fraction of sp³-hybridized carbons (Fsp3) is 0.429. The second kappa shape index (κ2) is 5.42. The van der Waals surface area contributed by atoms with Crippen molar-refractivity contribution in [2.24, 2.45) is 0 Å². The van der Waals surface area contributed by atoms with Gasteiger partial charge in [0, 0.05) is 42.8 Å². The molecule has 18 heavy (non-hydrogen) atoms. The lowest BCUT2D eigenvalue weighted by Gasteiger charge is -2.26. The van der Waals surface area contributed by atoms with Gasteiger partial charge in [0.05, 0.1) is 13.2 Å². The maximum absolute atomic E-state index is 5.77. The van der Waals surface area contributed by atoms with Crippen molar-refractivity contribution in [3.8, 4) is 5.75 Å². The van der Waals surface area contributed by atoms with Gasteiger partial charge in [0.2, 0.25) is 0 Å². The summed E-state index contributed by atoms with van der Waals surface area (Å²) in [7, 11) is 0. The predicted molar refractivity (Wildman–Crippen MR) is 69.9 cm³/mol. The standard InChI is InChI=1S/C14H17N2O2/c1-2-14-12(3-4-15-14)11-13(1)18-10-7-16-5-8-17-9-6-16/h1-2,4,11,15H,5-10H2. The summed E-state index contributed by atoms with van der Waals surface area (Å²) in [5.41, 5.74) is 1.09. The van der Waals surface area contributed by atoms with Crippen LogP contribution in [0.5, 0.6) is 5.75 Å². The molecule has 2 heterocycles. The van der Waals surface area contributed by atoms with E-state index >= 15 is 0 Å². The SMILES string of the molecule is [c]1c[nH]c2ccc(OCCN3CCOCC3)cc12. The number of aromatic amines is 1. The first-order valence-electron chi connectivity index (χ1n) is 6.33. The molecule has 2 aromatic rings. The number of H-pyrrole nitrogens is 1. The van der Waals surface area contributed by atoms with E-state index in [1.807, 2.05) is 24.4 Å². The van der Waals surface area contributed by atoms with Crippen LogP contribution in [0.2, 0.25) is 0 Å². The van der Waals surface area contributed by atoms with Crippen LogP contribution in [0.25, 0.3) is 10.9 Å². The van der Waals surface area contributed by atoms with Crippen molar-refractivity contribution in [3.63, 3.8) is 0 Å². The number of benzene rings is 1. The quantitative estimate of drug-likeness (QED) is 0.890. The zero-order valence-electron chi connectivity index (χ0n) is 10.3. The highest BCUT2D eigenvalue weighted by molar-refractivity contribution is 5.80. The number of fused-ring (bicyclic) bond motifs is 1. The lowest BCUT2D eigenvalue weighted by atomic mass is 10.2. The van der Waals surface area contributed by atoms with Crippen molar-refractivity contribution in [2.75, 3.05) is 39.5 Å². The number of nitrogens with one attached hydrogen (secondary N) is 1. The number of aromatic nitrogens is 1. The van der Waals surface area contributed by atoms with Crippen molar-refractivity contribution in [1.82, 2.24) is 9.88 Å². The number of nitrogens with zero attached hydrogens (tertiary/aromatic N) is 1. The van der Waals surface area contributed by atoms with Crippen molar-refractivity contribution >= 4 is 10.9 Å². The number of ether oxygens (including phenoxy) is 2. The Morgan fingerprint density at radius 1 is 1.33 bits per heavy atom. The average Bonchev–Trinajstić information content (AvgIpc) is 2.87. The van der Waals surface area contributed by atoms with Crippen LogP contribution in [0.15, 0.2) is 24.4 Å². The minimum absolute atomic E-state index is 0.718. The topological polar surface area (TPSA) is 37.5 Å². The molecule has 95 valence electrons. The van der Waals surface area contributed by atoms with Crippen LogP contribution in [-0.2, 0) is 4.74 Å². The van der Waals surface area contributed by atoms with E-state index in [4.69, 9.17) is 9.47 Å². The van der Waals surface area contributed by atoms with Gasteiger partial charge < -0.3 is 14.5 Å². The first-order chi connectivity index (χ1) is 8.92. The zero-order valence-corrected chi connectivity index (χ0v) is 10.3. The molecule has 1 saturated heterocycles. The Bertz CT molecular complexity index is 503. The van der Waals surface area contributed by atoms with Crippen LogP contribution in [0.4, 0.5) is 0 Å². The summed E-state index contributed by atoms with van der Waals surface area (Å²) in [6, 6.07) is 9.17. The van der Waals surface area contributed by atoms with Gasteiger partial charge in [0.1, 0.15) is 12.4 Å². The van der Waals surface area contributed by atoms with Gasteiger partial charge in [-0.25, -0.2) is 0 Å².